The fourth-order valence-electron chi connectivity index (χ4n) is 3.02. The molecule has 0 radical (unpaired) electrons. The van der Waals surface area contributed by atoms with Crippen LogP contribution in [0.4, 0.5) is 23.0 Å². The number of amides is 1. The molecule has 0 bridgehead atoms. The molecule has 0 atom stereocenters. The number of hydrazine groups is 1. The number of hydrogen-bond acceptors (Lipinski definition) is 11. The summed E-state index contributed by atoms with van der Waals surface area (Å²) in [5.74, 6) is -0.116. The Morgan fingerprint density at radius 3 is 2.55 bits per heavy atom. The Balaban J connectivity index is 1.50. The molecule has 168 valence electrons. The van der Waals surface area contributed by atoms with E-state index in [0.29, 0.717) is 11.5 Å². The van der Waals surface area contributed by atoms with E-state index in [-0.39, 0.29) is 30.5 Å². The quantitative estimate of drug-likeness (QED) is 0.336. The molecule has 1 aromatic heterocycles. The summed E-state index contributed by atoms with van der Waals surface area (Å²) in [6, 6.07) is 10.5. The number of benzene rings is 2. The normalized spacial score (nSPS) is 11.5. The number of nitrogens with zero attached hydrogens (tertiary/aromatic N) is 4. The van der Waals surface area contributed by atoms with E-state index >= 15 is 0 Å². The Morgan fingerprint density at radius 1 is 1.00 bits per heavy atom. The highest BCUT2D eigenvalue weighted by molar-refractivity contribution is 5.98. The van der Waals surface area contributed by atoms with Crippen molar-refractivity contribution in [1.29, 1.82) is 0 Å². The summed E-state index contributed by atoms with van der Waals surface area (Å²) in [5, 5.41) is 25.6. The highest BCUT2D eigenvalue weighted by atomic mass is 16.7. The third kappa shape index (κ3) is 4.53. The van der Waals surface area contributed by atoms with E-state index in [1.165, 1.54) is 24.3 Å². The maximum Gasteiger partial charge on any atom is 0.354 e. The minimum absolute atomic E-state index is 0.102. The van der Waals surface area contributed by atoms with Crippen molar-refractivity contribution in [3.63, 3.8) is 0 Å². The molecule has 1 aliphatic heterocycles. The van der Waals surface area contributed by atoms with Gasteiger partial charge < -0.3 is 14.8 Å². The van der Waals surface area contributed by atoms with E-state index in [4.69, 9.17) is 9.47 Å². The average molecular weight is 453 g/mol. The molecular formula is C19H15N7O7. The Labute approximate surface area is 184 Å². The van der Waals surface area contributed by atoms with E-state index < -0.39 is 27.1 Å². The first-order valence-corrected chi connectivity index (χ1v) is 9.35. The number of rotatable bonds is 8. The van der Waals surface area contributed by atoms with E-state index in [9.17, 15) is 25.0 Å². The molecular weight excluding hydrogens is 438 g/mol. The average Bonchev–Trinajstić information content (AvgIpc) is 3.29. The summed E-state index contributed by atoms with van der Waals surface area (Å²) in [6.45, 7) is 0.299. The van der Waals surface area contributed by atoms with Gasteiger partial charge in [-0.15, -0.1) is 0 Å². The summed E-state index contributed by atoms with van der Waals surface area (Å²) in [5.41, 5.74) is 4.11. The van der Waals surface area contributed by atoms with Gasteiger partial charge >= 0.3 is 5.69 Å². The molecule has 0 saturated carbocycles. The van der Waals surface area contributed by atoms with Crippen molar-refractivity contribution in [3.05, 3.63) is 80.1 Å². The number of nitro benzene ring substituents is 1. The second-order valence-electron chi connectivity index (χ2n) is 6.57. The molecule has 14 nitrogen and oxygen atoms in total. The van der Waals surface area contributed by atoms with Crippen molar-refractivity contribution in [2.75, 3.05) is 17.5 Å². The standard InChI is InChI=1S/C19H15N7O7/c27-19(12-3-1-2-4-13(12)25(28)29)24-23-18-16(26(30)31)17(21-9-22-18)20-8-11-5-6-14-15(7-11)33-10-32-14/h1-7,9H,8,10H2,(H,24,27)(H2,20,21,22,23). The first-order chi connectivity index (χ1) is 15.9. The van der Waals surface area contributed by atoms with Gasteiger partial charge in [-0.3, -0.25) is 35.9 Å². The number of nitro groups is 2. The molecule has 1 amide bonds. The molecule has 2 aromatic carbocycles. The highest BCUT2D eigenvalue weighted by Crippen LogP contribution is 2.33. The first kappa shape index (κ1) is 21.2. The molecule has 0 unspecified atom stereocenters. The lowest BCUT2D eigenvalue weighted by molar-refractivity contribution is -0.385. The largest absolute Gasteiger partial charge is 0.454 e. The Hall–Kier alpha value is -5.01. The maximum absolute atomic E-state index is 12.4. The lowest BCUT2D eigenvalue weighted by Gasteiger charge is -2.11. The van der Waals surface area contributed by atoms with E-state index in [2.05, 4.69) is 26.1 Å². The zero-order valence-corrected chi connectivity index (χ0v) is 16.7. The van der Waals surface area contributed by atoms with Gasteiger partial charge in [0.25, 0.3) is 11.6 Å². The molecule has 1 aliphatic rings. The number of hydrogen-bond donors (Lipinski definition) is 3. The predicted octanol–water partition coefficient (Wildman–Crippen LogP) is 2.39. The number of anilines is 2. The van der Waals surface area contributed by atoms with Crippen molar-refractivity contribution in [1.82, 2.24) is 15.4 Å². The molecule has 3 aromatic rings. The number of aromatic nitrogens is 2. The number of carbonyl (C=O) groups excluding carboxylic acids is 1. The minimum atomic E-state index is -0.870. The molecule has 14 heteroatoms. The summed E-state index contributed by atoms with van der Waals surface area (Å²) >= 11 is 0. The third-order valence-electron chi connectivity index (χ3n) is 4.54. The van der Waals surface area contributed by atoms with Gasteiger partial charge in [0.05, 0.1) is 9.85 Å². The summed E-state index contributed by atoms with van der Waals surface area (Å²) in [7, 11) is 0. The number of para-hydroxylation sites is 1. The van der Waals surface area contributed by atoms with Crippen LogP contribution in [0.3, 0.4) is 0 Å². The maximum atomic E-state index is 12.4. The van der Waals surface area contributed by atoms with Gasteiger partial charge in [0.1, 0.15) is 11.9 Å². The number of nitrogens with one attached hydrogen (secondary N) is 3. The number of ether oxygens (including phenoxy) is 2. The minimum Gasteiger partial charge on any atom is -0.454 e. The van der Waals surface area contributed by atoms with Gasteiger partial charge in [0, 0.05) is 12.6 Å². The molecule has 4 rings (SSSR count). The van der Waals surface area contributed by atoms with Crippen LogP contribution in [-0.4, -0.2) is 32.5 Å². The van der Waals surface area contributed by atoms with E-state index in [1.54, 1.807) is 18.2 Å². The third-order valence-corrected chi connectivity index (χ3v) is 4.54. The van der Waals surface area contributed by atoms with Crippen LogP contribution < -0.4 is 25.6 Å². The van der Waals surface area contributed by atoms with Crippen LogP contribution in [0.15, 0.2) is 48.8 Å². The fraction of sp³-hybridized carbons (Fsp3) is 0.105. The number of carbonyl (C=O) groups is 1. The van der Waals surface area contributed by atoms with Crippen LogP contribution in [0.2, 0.25) is 0 Å². The van der Waals surface area contributed by atoms with Gasteiger partial charge in [-0.1, -0.05) is 18.2 Å². The molecule has 33 heavy (non-hydrogen) atoms. The summed E-state index contributed by atoms with van der Waals surface area (Å²) < 4.78 is 10.6. The van der Waals surface area contributed by atoms with Crippen molar-refractivity contribution < 1.29 is 24.1 Å². The fourth-order valence-corrected chi connectivity index (χ4v) is 3.02. The molecule has 0 aliphatic carbocycles. The zero-order valence-electron chi connectivity index (χ0n) is 16.7. The van der Waals surface area contributed by atoms with Crippen molar-refractivity contribution >= 4 is 28.9 Å². The van der Waals surface area contributed by atoms with Crippen molar-refractivity contribution in [2.24, 2.45) is 0 Å². The van der Waals surface area contributed by atoms with Gasteiger partial charge in [0.15, 0.2) is 11.5 Å². The van der Waals surface area contributed by atoms with Crippen LogP contribution in [-0.2, 0) is 6.54 Å². The SMILES string of the molecule is O=C(NNc1ncnc(NCc2ccc3c(c2)OCO3)c1[N+](=O)[O-])c1ccccc1[N+](=O)[O-]. The van der Waals surface area contributed by atoms with Crippen molar-refractivity contribution in [3.8, 4) is 11.5 Å². The zero-order chi connectivity index (χ0) is 23.4. The van der Waals surface area contributed by atoms with E-state index in [0.717, 1.165) is 11.9 Å². The molecule has 0 fully saturated rings. The Kier molecular flexibility index (Phi) is 5.79. The van der Waals surface area contributed by atoms with Crippen LogP contribution in [0, 0.1) is 20.2 Å². The van der Waals surface area contributed by atoms with Gasteiger partial charge in [-0.05, 0) is 23.8 Å². The first-order valence-electron chi connectivity index (χ1n) is 9.35. The van der Waals surface area contributed by atoms with Gasteiger partial charge in [0.2, 0.25) is 18.4 Å². The smallest absolute Gasteiger partial charge is 0.354 e. The predicted molar refractivity (Wildman–Crippen MR) is 113 cm³/mol. The number of fused-ring (bicyclic) bond motifs is 1. The monoisotopic (exact) mass is 453 g/mol. The Bertz CT molecular complexity index is 1250. The van der Waals surface area contributed by atoms with Crippen LogP contribution >= 0.6 is 0 Å². The summed E-state index contributed by atoms with van der Waals surface area (Å²) in [6.07, 6.45) is 1.06. The molecule has 0 spiro atoms. The van der Waals surface area contributed by atoms with Crippen LogP contribution in [0.25, 0.3) is 0 Å². The molecule has 2 heterocycles. The van der Waals surface area contributed by atoms with Crippen molar-refractivity contribution in [2.45, 2.75) is 6.54 Å². The van der Waals surface area contributed by atoms with Gasteiger partial charge in [-0.25, -0.2) is 9.97 Å². The van der Waals surface area contributed by atoms with Crippen LogP contribution in [0.1, 0.15) is 15.9 Å². The van der Waals surface area contributed by atoms with E-state index in [1.807, 2.05) is 0 Å². The second kappa shape index (κ2) is 9.01. The highest BCUT2D eigenvalue weighted by Gasteiger charge is 2.25. The second-order valence-corrected chi connectivity index (χ2v) is 6.57. The van der Waals surface area contributed by atoms with Crippen LogP contribution in [0.5, 0.6) is 11.5 Å². The summed E-state index contributed by atoms with van der Waals surface area (Å²) in [4.78, 5) is 41.4. The Morgan fingerprint density at radius 2 is 1.76 bits per heavy atom. The van der Waals surface area contributed by atoms with Gasteiger partial charge in [-0.2, -0.15) is 0 Å². The lowest BCUT2D eigenvalue weighted by atomic mass is 10.2. The lowest BCUT2D eigenvalue weighted by Crippen LogP contribution is -2.31. The molecule has 0 saturated heterocycles. The topological polar surface area (TPSA) is 184 Å². The molecule has 3 N–H and O–H groups in total.